The molecule has 0 bridgehead atoms. The number of methoxy groups -OCH3 is 1. The highest BCUT2D eigenvalue weighted by Gasteiger charge is 2.31. The molecule has 2 aromatic carbocycles. The molecule has 0 saturated heterocycles. The summed E-state index contributed by atoms with van der Waals surface area (Å²) in [6.07, 6.45) is 0.946. The van der Waals surface area contributed by atoms with E-state index in [1.54, 1.807) is 23.1 Å². The molecule has 11 heteroatoms. The second kappa shape index (κ2) is 10.4. The number of hydrogen-bond acceptors (Lipinski definition) is 8. The van der Waals surface area contributed by atoms with Crippen molar-refractivity contribution in [3.63, 3.8) is 0 Å². The van der Waals surface area contributed by atoms with Gasteiger partial charge < -0.3 is 23.9 Å². The molecule has 10 nitrogen and oxygen atoms in total. The molecule has 0 aromatic heterocycles. The first-order valence-electron chi connectivity index (χ1n) is 11.7. The maximum absolute atomic E-state index is 13.4. The predicted octanol–water partition coefficient (Wildman–Crippen LogP) is 3.11. The van der Waals surface area contributed by atoms with E-state index in [0.29, 0.717) is 41.2 Å². The zero-order valence-corrected chi connectivity index (χ0v) is 23.0. The second-order valence-electron chi connectivity index (χ2n) is 9.74. The van der Waals surface area contributed by atoms with E-state index in [1.165, 1.54) is 20.2 Å². The Kier molecular flexibility index (Phi) is 7.87. The van der Waals surface area contributed by atoms with E-state index in [0.717, 1.165) is 11.8 Å². The van der Waals surface area contributed by atoms with Gasteiger partial charge in [-0.2, -0.15) is 8.42 Å². The number of ketones is 1. The minimum atomic E-state index is -3.84. The number of fused-ring (bicyclic) bond motifs is 1. The van der Waals surface area contributed by atoms with Gasteiger partial charge in [0.15, 0.2) is 17.3 Å². The van der Waals surface area contributed by atoms with E-state index in [2.05, 4.69) is 5.32 Å². The standard InChI is InChI=1S/C26H33N3O7S/c1-8-35-21-11-16-13-29(24(27)17(16)12-18(21)25(31)28-5)14-20(30)15-9-19(26(2,3)4)23(22(10-15)34-6)36-37(7,32)33/h9-12,27H,8,13-14H2,1-7H3,(H,28,31). The Morgan fingerprint density at radius 1 is 1.14 bits per heavy atom. The van der Waals surface area contributed by atoms with Crippen LogP contribution in [0.2, 0.25) is 0 Å². The van der Waals surface area contributed by atoms with Crippen molar-refractivity contribution in [1.82, 2.24) is 10.2 Å². The van der Waals surface area contributed by atoms with Crippen LogP contribution in [0.1, 0.15) is 65.1 Å². The van der Waals surface area contributed by atoms with Gasteiger partial charge in [-0.15, -0.1) is 0 Å². The minimum Gasteiger partial charge on any atom is -0.493 e. The Hall–Kier alpha value is -3.60. The Morgan fingerprint density at radius 2 is 1.81 bits per heavy atom. The molecule has 1 aliphatic rings. The van der Waals surface area contributed by atoms with Gasteiger partial charge in [-0.05, 0) is 42.2 Å². The molecule has 1 heterocycles. The van der Waals surface area contributed by atoms with E-state index >= 15 is 0 Å². The van der Waals surface area contributed by atoms with Gasteiger partial charge in [-0.1, -0.05) is 20.8 Å². The average molecular weight is 532 g/mol. The molecule has 0 saturated carbocycles. The van der Waals surface area contributed by atoms with Crippen LogP contribution in [0.5, 0.6) is 17.2 Å². The molecule has 0 unspecified atom stereocenters. The SMILES string of the molecule is CCOc1cc2c(cc1C(=O)NC)C(=N)N(CC(=O)c1cc(OC)c(OS(C)(=O)=O)c(C(C)(C)C)c1)C2. The lowest BCUT2D eigenvalue weighted by atomic mass is 9.84. The summed E-state index contributed by atoms with van der Waals surface area (Å²) in [4.78, 5) is 27.4. The summed E-state index contributed by atoms with van der Waals surface area (Å²) >= 11 is 0. The fourth-order valence-corrected chi connectivity index (χ4v) is 4.60. The lowest BCUT2D eigenvalue weighted by Crippen LogP contribution is -2.30. The zero-order valence-electron chi connectivity index (χ0n) is 22.1. The maximum Gasteiger partial charge on any atom is 0.306 e. The van der Waals surface area contributed by atoms with Crippen LogP contribution >= 0.6 is 0 Å². The van der Waals surface area contributed by atoms with E-state index in [9.17, 15) is 18.0 Å². The first kappa shape index (κ1) is 28.0. The summed E-state index contributed by atoms with van der Waals surface area (Å²) in [5, 5.41) is 11.2. The van der Waals surface area contributed by atoms with Crippen molar-refractivity contribution in [3.8, 4) is 17.2 Å². The van der Waals surface area contributed by atoms with Crippen LogP contribution < -0.4 is 19.0 Å². The van der Waals surface area contributed by atoms with Gasteiger partial charge in [-0.25, -0.2) is 0 Å². The highest BCUT2D eigenvalue weighted by atomic mass is 32.2. The van der Waals surface area contributed by atoms with Crippen LogP contribution in [-0.2, 0) is 22.1 Å². The molecule has 2 aromatic rings. The fraction of sp³-hybridized carbons (Fsp3) is 0.423. The van der Waals surface area contributed by atoms with Crippen LogP contribution in [0.25, 0.3) is 0 Å². The lowest BCUT2D eigenvalue weighted by Gasteiger charge is -2.25. The number of nitrogens with zero attached hydrogens (tertiary/aromatic N) is 1. The highest BCUT2D eigenvalue weighted by Crippen LogP contribution is 2.41. The third-order valence-corrected chi connectivity index (χ3v) is 6.35. The van der Waals surface area contributed by atoms with Crippen LogP contribution in [0, 0.1) is 5.41 Å². The van der Waals surface area contributed by atoms with E-state index in [4.69, 9.17) is 19.1 Å². The summed E-state index contributed by atoms with van der Waals surface area (Å²) in [6.45, 7) is 8.01. The molecular weight excluding hydrogens is 498 g/mol. The van der Waals surface area contributed by atoms with Crippen molar-refractivity contribution in [2.75, 3.05) is 33.6 Å². The van der Waals surface area contributed by atoms with Crippen LogP contribution in [-0.4, -0.2) is 64.4 Å². The average Bonchev–Trinajstić information content (AvgIpc) is 3.10. The van der Waals surface area contributed by atoms with Gasteiger partial charge in [0.1, 0.15) is 11.6 Å². The molecule has 0 radical (unpaired) electrons. The van der Waals surface area contributed by atoms with Crippen molar-refractivity contribution < 1.29 is 31.7 Å². The third-order valence-electron chi connectivity index (χ3n) is 5.88. The molecule has 2 N–H and O–H groups in total. The highest BCUT2D eigenvalue weighted by molar-refractivity contribution is 7.86. The predicted molar refractivity (Wildman–Crippen MR) is 140 cm³/mol. The number of carbonyl (C=O) groups is 2. The fourth-order valence-electron chi connectivity index (χ4n) is 4.12. The van der Waals surface area contributed by atoms with Gasteiger partial charge in [0.2, 0.25) is 0 Å². The number of benzene rings is 2. The normalized spacial score (nSPS) is 13.3. The number of ether oxygens (including phenoxy) is 2. The van der Waals surface area contributed by atoms with E-state index in [-0.39, 0.29) is 35.6 Å². The molecule has 0 fully saturated rings. The molecule has 1 amide bonds. The molecule has 0 aliphatic carbocycles. The molecule has 3 rings (SSSR count). The number of nitrogens with one attached hydrogen (secondary N) is 2. The summed E-state index contributed by atoms with van der Waals surface area (Å²) < 4.78 is 40.0. The van der Waals surface area contributed by atoms with Crippen molar-refractivity contribution in [2.45, 2.75) is 39.7 Å². The van der Waals surface area contributed by atoms with E-state index < -0.39 is 15.5 Å². The first-order chi connectivity index (χ1) is 17.2. The summed E-state index contributed by atoms with van der Waals surface area (Å²) in [5.41, 5.74) is 1.89. The van der Waals surface area contributed by atoms with Crippen molar-refractivity contribution >= 4 is 27.6 Å². The van der Waals surface area contributed by atoms with Crippen molar-refractivity contribution in [3.05, 3.63) is 52.1 Å². The van der Waals surface area contributed by atoms with Crippen LogP contribution in [0.15, 0.2) is 24.3 Å². The Bertz CT molecular complexity index is 1360. The monoisotopic (exact) mass is 531 g/mol. The first-order valence-corrected chi connectivity index (χ1v) is 13.5. The molecule has 0 atom stereocenters. The molecule has 37 heavy (non-hydrogen) atoms. The van der Waals surface area contributed by atoms with Gasteiger partial charge in [0, 0.05) is 30.3 Å². The molecule has 1 aliphatic heterocycles. The molecule has 200 valence electrons. The molecular formula is C26H33N3O7S. The number of hydrogen-bond donors (Lipinski definition) is 2. The largest absolute Gasteiger partial charge is 0.493 e. The number of rotatable bonds is 9. The van der Waals surface area contributed by atoms with Gasteiger partial charge >= 0.3 is 10.1 Å². The Balaban J connectivity index is 1.96. The van der Waals surface area contributed by atoms with Crippen molar-refractivity contribution in [2.24, 2.45) is 0 Å². The Morgan fingerprint density at radius 3 is 2.35 bits per heavy atom. The number of Topliss-reactive ketones (excluding diaryl/α,β-unsaturated/α-hetero) is 1. The van der Waals surface area contributed by atoms with Crippen LogP contribution in [0.3, 0.4) is 0 Å². The zero-order chi connectivity index (χ0) is 27.7. The van der Waals surface area contributed by atoms with E-state index in [1.807, 2.05) is 27.7 Å². The summed E-state index contributed by atoms with van der Waals surface area (Å²) in [6, 6.07) is 6.40. The number of amidine groups is 1. The topological polar surface area (TPSA) is 135 Å². The van der Waals surface area contributed by atoms with Gasteiger partial charge in [-0.3, -0.25) is 15.0 Å². The smallest absolute Gasteiger partial charge is 0.306 e. The molecule has 0 spiro atoms. The third kappa shape index (κ3) is 6.04. The number of carbonyl (C=O) groups excluding carboxylic acids is 2. The maximum atomic E-state index is 13.4. The van der Waals surface area contributed by atoms with Crippen LogP contribution in [0.4, 0.5) is 0 Å². The minimum absolute atomic E-state index is 0.0422. The summed E-state index contributed by atoms with van der Waals surface area (Å²) in [7, 11) is -0.947. The second-order valence-corrected chi connectivity index (χ2v) is 11.3. The lowest BCUT2D eigenvalue weighted by molar-refractivity contribution is 0.0952. The van der Waals surface area contributed by atoms with Gasteiger partial charge in [0.05, 0.1) is 32.1 Å². The summed E-state index contributed by atoms with van der Waals surface area (Å²) in [5.74, 6) is 0.0907. The quantitative estimate of drug-likeness (QED) is 0.372. The van der Waals surface area contributed by atoms with Gasteiger partial charge in [0.25, 0.3) is 5.91 Å². The number of amides is 1. The Labute approximate surface area is 217 Å². The van der Waals surface area contributed by atoms with Crippen molar-refractivity contribution in [1.29, 1.82) is 5.41 Å².